The summed E-state index contributed by atoms with van der Waals surface area (Å²) in [5.74, 6) is 0.747. The number of rotatable bonds is 3. The van der Waals surface area contributed by atoms with E-state index in [1.807, 2.05) is 50.2 Å². The fraction of sp³-hybridized carbons (Fsp3) is 0.350. The van der Waals surface area contributed by atoms with Crippen LogP contribution in [0.1, 0.15) is 25.5 Å². The van der Waals surface area contributed by atoms with E-state index in [-0.39, 0.29) is 11.5 Å². The lowest BCUT2D eigenvalue weighted by molar-refractivity contribution is 0.0306. The fourth-order valence-electron chi connectivity index (χ4n) is 3.22. The van der Waals surface area contributed by atoms with Gasteiger partial charge < -0.3 is 14.6 Å². The topological polar surface area (TPSA) is 51.6 Å². The van der Waals surface area contributed by atoms with E-state index in [1.165, 1.54) is 0 Å². The molecular weight excluding hydrogens is 334 g/mol. The molecule has 1 N–H and O–H groups in total. The number of benzene rings is 2. The van der Waals surface area contributed by atoms with Crippen LogP contribution in [0.4, 0.5) is 0 Å². The van der Waals surface area contributed by atoms with Gasteiger partial charge >= 0.3 is 0 Å². The molecule has 3 aromatic rings. The van der Waals surface area contributed by atoms with E-state index in [1.54, 1.807) is 18.4 Å². The number of hydrogen-bond donors (Lipinski definition) is 1. The highest BCUT2D eigenvalue weighted by Gasteiger charge is 2.42. The van der Waals surface area contributed by atoms with Crippen molar-refractivity contribution in [2.75, 3.05) is 13.7 Å². The average Bonchev–Trinajstić information content (AvgIpc) is 3.16. The van der Waals surface area contributed by atoms with E-state index in [9.17, 15) is 5.11 Å². The molecule has 25 heavy (non-hydrogen) atoms. The van der Waals surface area contributed by atoms with Crippen LogP contribution in [0, 0.1) is 5.41 Å². The van der Waals surface area contributed by atoms with E-state index in [4.69, 9.17) is 14.5 Å². The normalized spacial score (nSPS) is 22.4. The highest BCUT2D eigenvalue weighted by Crippen LogP contribution is 2.43. The van der Waals surface area contributed by atoms with Crippen LogP contribution in [0.5, 0.6) is 5.75 Å². The predicted molar refractivity (Wildman–Crippen MR) is 100 cm³/mol. The van der Waals surface area contributed by atoms with Gasteiger partial charge in [0.05, 0.1) is 35.6 Å². The third-order valence-electron chi connectivity index (χ3n) is 4.80. The van der Waals surface area contributed by atoms with E-state index >= 15 is 0 Å². The van der Waals surface area contributed by atoms with Crippen molar-refractivity contribution in [2.45, 2.75) is 26.1 Å². The molecule has 2 heterocycles. The minimum absolute atomic E-state index is 0.246. The van der Waals surface area contributed by atoms with Crippen molar-refractivity contribution >= 4 is 21.6 Å². The molecule has 0 spiro atoms. The first kappa shape index (κ1) is 16.5. The third kappa shape index (κ3) is 2.82. The third-order valence-corrected chi connectivity index (χ3v) is 5.87. The van der Waals surface area contributed by atoms with Crippen LogP contribution in [-0.2, 0) is 4.74 Å². The van der Waals surface area contributed by atoms with Crippen molar-refractivity contribution in [3.05, 3.63) is 48.0 Å². The number of aliphatic hydroxyl groups excluding tert-OH is 1. The summed E-state index contributed by atoms with van der Waals surface area (Å²) < 4.78 is 12.6. The zero-order valence-corrected chi connectivity index (χ0v) is 15.3. The Morgan fingerprint density at radius 3 is 2.72 bits per heavy atom. The quantitative estimate of drug-likeness (QED) is 0.755. The molecule has 0 saturated carbocycles. The number of aromatic nitrogens is 1. The Morgan fingerprint density at radius 2 is 2.04 bits per heavy atom. The summed E-state index contributed by atoms with van der Waals surface area (Å²) in [5.41, 5.74) is 2.63. The Hall–Kier alpha value is -1.95. The minimum atomic E-state index is -0.537. The molecule has 1 aromatic heterocycles. The second-order valence-corrected chi connectivity index (χ2v) is 8.14. The molecule has 1 aliphatic rings. The monoisotopic (exact) mass is 355 g/mol. The van der Waals surface area contributed by atoms with Crippen molar-refractivity contribution in [1.82, 2.24) is 4.98 Å². The van der Waals surface area contributed by atoms with Crippen LogP contribution in [0.25, 0.3) is 20.8 Å². The molecule has 4 nitrogen and oxygen atoms in total. The van der Waals surface area contributed by atoms with Crippen LogP contribution >= 0.6 is 11.3 Å². The summed E-state index contributed by atoms with van der Waals surface area (Å²) in [6.07, 6.45) is -0.862. The Morgan fingerprint density at radius 1 is 1.24 bits per heavy atom. The van der Waals surface area contributed by atoms with Gasteiger partial charge in [0.15, 0.2) is 0 Å². The number of nitrogens with zero attached hydrogens (tertiary/aromatic N) is 1. The molecule has 0 aliphatic carbocycles. The van der Waals surface area contributed by atoms with Crippen LogP contribution in [-0.4, -0.2) is 29.9 Å². The highest BCUT2D eigenvalue weighted by molar-refractivity contribution is 7.21. The summed E-state index contributed by atoms with van der Waals surface area (Å²) >= 11 is 1.65. The van der Waals surface area contributed by atoms with Crippen molar-refractivity contribution in [1.29, 1.82) is 0 Å². The molecule has 1 saturated heterocycles. The Balaban J connectivity index is 1.73. The fourth-order valence-corrected chi connectivity index (χ4v) is 4.21. The van der Waals surface area contributed by atoms with Crippen LogP contribution < -0.4 is 4.74 Å². The number of thiazole rings is 1. The minimum Gasteiger partial charge on any atom is -0.496 e. The van der Waals surface area contributed by atoms with E-state index in [0.29, 0.717) is 6.61 Å². The van der Waals surface area contributed by atoms with Crippen LogP contribution in [0.2, 0.25) is 0 Å². The average molecular weight is 355 g/mol. The van der Waals surface area contributed by atoms with E-state index < -0.39 is 6.10 Å². The highest BCUT2D eigenvalue weighted by atomic mass is 32.1. The lowest BCUT2D eigenvalue weighted by Crippen LogP contribution is -2.28. The van der Waals surface area contributed by atoms with Crippen LogP contribution in [0.3, 0.4) is 0 Å². The number of ether oxygens (including phenoxy) is 2. The maximum atomic E-state index is 10.5. The molecule has 2 atom stereocenters. The van der Waals surface area contributed by atoms with Gasteiger partial charge in [0.1, 0.15) is 16.9 Å². The van der Waals surface area contributed by atoms with Gasteiger partial charge in [-0.2, -0.15) is 0 Å². The zero-order chi connectivity index (χ0) is 17.6. The second kappa shape index (κ2) is 6.09. The van der Waals surface area contributed by atoms with Gasteiger partial charge in [-0.3, -0.25) is 0 Å². The van der Waals surface area contributed by atoms with E-state index in [2.05, 4.69) is 6.07 Å². The smallest absolute Gasteiger partial charge is 0.129 e. The van der Waals surface area contributed by atoms with Gasteiger partial charge in [0.2, 0.25) is 0 Å². The molecule has 4 rings (SSSR count). The van der Waals surface area contributed by atoms with Gasteiger partial charge in [-0.15, -0.1) is 11.3 Å². The Kier molecular flexibility index (Phi) is 4.02. The number of fused-ring (bicyclic) bond motifs is 1. The Labute approximate surface area is 151 Å². The number of hydrogen-bond acceptors (Lipinski definition) is 5. The first-order valence-corrected chi connectivity index (χ1v) is 9.15. The second-order valence-electron chi connectivity index (χ2n) is 7.11. The molecule has 2 unspecified atom stereocenters. The van der Waals surface area contributed by atoms with Gasteiger partial charge in [-0.25, -0.2) is 4.98 Å². The summed E-state index contributed by atoms with van der Waals surface area (Å²) in [5, 5.41) is 11.5. The molecule has 0 amide bonds. The lowest BCUT2D eigenvalue weighted by Gasteiger charge is -2.23. The summed E-state index contributed by atoms with van der Waals surface area (Å²) in [7, 11) is 1.66. The lowest BCUT2D eigenvalue weighted by atomic mass is 9.85. The van der Waals surface area contributed by atoms with Gasteiger partial charge in [0.25, 0.3) is 0 Å². The number of para-hydroxylation sites is 1. The maximum absolute atomic E-state index is 10.5. The number of methoxy groups -OCH3 is 1. The van der Waals surface area contributed by atoms with E-state index in [0.717, 1.165) is 32.1 Å². The molecule has 130 valence electrons. The summed E-state index contributed by atoms with van der Waals surface area (Å²) in [6, 6.07) is 14.1. The van der Waals surface area contributed by atoms with Gasteiger partial charge in [-0.05, 0) is 29.8 Å². The van der Waals surface area contributed by atoms with Gasteiger partial charge in [-0.1, -0.05) is 32.0 Å². The summed E-state index contributed by atoms with van der Waals surface area (Å²) in [6.45, 7) is 4.58. The molecule has 5 heteroatoms. The largest absolute Gasteiger partial charge is 0.496 e. The predicted octanol–water partition coefficient (Wildman–Crippen LogP) is 4.43. The molecule has 2 aromatic carbocycles. The standard InChI is InChI=1S/C20H21NO3S/c1-20(2)11-24-17(18(20)22)12-8-9-13(15(10-12)23-3)19-21-14-6-4-5-7-16(14)25-19/h4-10,17-18,22H,11H2,1-3H3. The first-order valence-electron chi connectivity index (χ1n) is 8.33. The van der Waals surface area contributed by atoms with Gasteiger partial charge in [0, 0.05) is 5.41 Å². The first-order chi connectivity index (χ1) is 12.0. The molecule has 0 radical (unpaired) electrons. The van der Waals surface area contributed by atoms with Crippen LogP contribution in [0.15, 0.2) is 42.5 Å². The SMILES string of the molecule is COc1cc(C2OCC(C)(C)C2O)ccc1-c1nc2ccccc2s1. The molecule has 0 bridgehead atoms. The molecule has 1 aliphatic heterocycles. The van der Waals surface area contributed by atoms with Crippen molar-refractivity contribution < 1.29 is 14.6 Å². The van der Waals surface area contributed by atoms with Crippen molar-refractivity contribution in [3.8, 4) is 16.3 Å². The Bertz CT molecular complexity index is 885. The van der Waals surface area contributed by atoms with Crippen molar-refractivity contribution in [3.63, 3.8) is 0 Å². The maximum Gasteiger partial charge on any atom is 0.129 e. The number of aliphatic hydroxyl groups is 1. The molecular formula is C20H21NO3S. The zero-order valence-electron chi connectivity index (χ0n) is 14.5. The summed E-state index contributed by atoms with van der Waals surface area (Å²) in [4.78, 5) is 4.71. The molecule has 1 fully saturated rings. The van der Waals surface area contributed by atoms with Crippen molar-refractivity contribution in [2.24, 2.45) is 5.41 Å².